The van der Waals surface area contributed by atoms with Crippen molar-refractivity contribution in [2.45, 2.75) is 58.8 Å². The number of hydrogen-bond donors (Lipinski definition) is 1. The van der Waals surface area contributed by atoms with Gasteiger partial charge in [0.15, 0.2) is 0 Å². The van der Waals surface area contributed by atoms with Gasteiger partial charge in [-0.15, -0.1) is 10.2 Å². The number of carboxylic acids is 1. The summed E-state index contributed by atoms with van der Waals surface area (Å²) in [7, 11) is 0. The molecule has 0 radical (unpaired) electrons. The zero-order chi connectivity index (χ0) is 13.5. The molecule has 5 heteroatoms. The molecular formula is C13H22N2O3. The Hall–Kier alpha value is -1.39. The van der Waals surface area contributed by atoms with Crippen molar-refractivity contribution in [2.24, 2.45) is 5.92 Å². The zero-order valence-corrected chi connectivity index (χ0v) is 11.3. The molecule has 102 valence electrons. The molecule has 2 unspecified atom stereocenters. The SMILES string of the molecule is CCCCC(C)c1nnc(CC(C)CC(=O)O)o1. The summed E-state index contributed by atoms with van der Waals surface area (Å²) in [4.78, 5) is 10.6. The first kappa shape index (κ1) is 14.7. The van der Waals surface area contributed by atoms with Crippen LogP contribution in [-0.4, -0.2) is 21.3 Å². The van der Waals surface area contributed by atoms with Crippen LogP contribution in [0.25, 0.3) is 0 Å². The van der Waals surface area contributed by atoms with Crippen LogP contribution in [0.5, 0.6) is 0 Å². The van der Waals surface area contributed by atoms with Crippen molar-refractivity contribution in [2.75, 3.05) is 0 Å². The van der Waals surface area contributed by atoms with Gasteiger partial charge in [0.05, 0.1) is 0 Å². The van der Waals surface area contributed by atoms with Crippen molar-refractivity contribution < 1.29 is 14.3 Å². The van der Waals surface area contributed by atoms with E-state index in [1.54, 1.807) is 0 Å². The molecule has 1 rings (SSSR count). The fourth-order valence-corrected chi connectivity index (χ4v) is 1.85. The topological polar surface area (TPSA) is 76.2 Å². The maximum atomic E-state index is 10.6. The van der Waals surface area contributed by atoms with Crippen LogP contribution in [0.2, 0.25) is 0 Å². The highest BCUT2D eigenvalue weighted by molar-refractivity contribution is 5.66. The molecule has 0 amide bonds. The van der Waals surface area contributed by atoms with Crippen LogP contribution < -0.4 is 0 Å². The second-order valence-corrected chi connectivity index (χ2v) is 4.98. The maximum Gasteiger partial charge on any atom is 0.303 e. The first-order valence-electron chi connectivity index (χ1n) is 6.57. The molecule has 0 spiro atoms. The summed E-state index contributed by atoms with van der Waals surface area (Å²) in [6.45, 7) is 6.10. The molecule has 0 aromatic carbocycles. The predicted octanol–water partition coefficient (Wildman–Crippen LogP) is 3.02. The van der Waals surface area contributed by atoms with E-state index in [2.05, 4.69) is 24.0 Å². The van der Waals surface area contributed by atoms with Gasteiger partial charge in [0.1, 0.15) is 0 Å². The Bertz CT molecular complexity index is 376. The molecule has 1 aromatic rings. The average Bonchev–Trinajstić information content (AvgIpc) is 2.73. The van der Waals surface area contributed by atoms with Gasteiger partial charge in [0.25, 0.3) is 0 Å². The largest absolute Gasteiger partial charge is 0.481 e. The van der Waals surface area contributed by atoms with Crippen molar-refractivity contribution >= 4 is 5.97 Å². The molecule has 5 nitrogen and oxygen atoms in total. The average molecular weight is 254 g/mol. The predicted molar refractivity (Wildman–Crippen MR) is 67.4 cm³/mol. The lowest BCUT2D eigenvalue weighted by Crippen LogP contribution is -2.07. The van der Waals surface area contributed by atoms with E-state index < -0.39 is 5.97 Å². The maximum absolute atomic E-state index is 10.6. The lowest BCUT2D eigenvalue weighted by Gasteiger charge is -2.05. The Kier molecular flexibility index (Phi) is 5.82. The van der Waals surface area contributed by atoms with E-state index in [9.17, 15) is 4.79 Å². The third kappa shape index (κ3) is 4.85. The van der Waals surface area contributed by atoms with Crippen LogP contribution in [0.3, 0.4) is 0 Å². The zero-order valence-electron chi connectivity index (χ0n) is 11.3. The van der Waals surface area contributed by atoms with Crippen LogP contribution in [0, 0.1) is 5.92 Å². The first-order valence-corrected chi connectivity index (χ1v) is 6.57. The Morgan fingerprint density at radius 1 is 1.39 bits per heavy atom. The number of rotatable bonds is 8. The summed E-state index contributed by atoms with van der Waals surface area (Å²) in [5.74, 6) is 0.712. The van der Waals surface area contributed by atoms with E-state index in [1.165, 1.54) is 0 Å². The summed E-state index contributed by atoms with van der Waals surface area (Å²) >= 11 is 0. The first-order chi connectivity index (χ1) is 8.52. The highest BCUT2D eigenvalue weighted by Gasteiger charge is 2.16. The second kappa shape index (κ2) is 7.13. The van der Waals surface area contributed by atoms with Gasteiger partial charge in [0, 0.05) is 18.8 Å². The summed E-state index contributed by atoms with van der Waals surface area (Å²) in [5.41, 5.74) is 0. The third-order valence-corrected chi connectivity index (χ3v) is 2.94. The minimum absolute atomic E-state index is 0.0155. The Labute approximate surface area is 108 Å². The number of nitrogens with zero attached hydrogens (tertiary/aromatic N) is 2. The van der Waals surface area contributed by atoms with Gasteiger partial charge in [-0.3, -0.25) is 4.79 Å². The van der Waals surface area contributed by atoms with Crippen molar-refractivity contribution in [1.82, 2.24) is 10.2 Å². The molecule has 0 saturated heterocycles. The van der Waals surface area contributed by atoms with Gasteiger partial charge in [-0.1, -0.05) is 33.6 Å². The van der Waals surface area contributed by atoms with E-state index >= 15 is 0 Å². The van der Waals surface area contributed by atoms with Crippen LogP contribution in [0.4, 0.5) is 0 Å². The lowest BCUT2D eigenvalue weighted by molar-refractivity contribution is -0.137. The number of carboxylic acid groups (broad SMARTS) is 1. The van der Waals surface area contributed by atoms with Crippen molar-refractivity contribution in [3.05, 3.63) is 11.8 Å². The van der Waals surface area contributed by atoms with Crippen LogP contribution in [0.1, 0.15) is 64.2 Å². The van der Waals surface area contributed by atoms with Gasteiger partial charge < -0.3 is 9.52 Å². The molecule has 0 bridgehead atoms. The quantitative estimate of drug-likeness (QED) is 0.771. The van der Waals surface area contributed by atoms with E-state index in [-0.39, 0.29) is 18.3 Å². The van der Waals surface area contributed by atoms with E-state index in [1.807, 2.05) is 6.92 Å². The number of aromatic nitrogens is 2. The van der Waals surface area contributed by atoms with Crippen molar-refractivity contribution in [1.29, 1.82) is 0 Å². The number of carbonyl (C=O) groups is 1. The molecule has 0 saturated carbocycles. The molecule has 0 fully saturated rings. The second-order valence-electron chi connectivity index (χ2n) is 4.98. The molecule has 18 heavy (non-hydrogen) atoms. The molecule has 1 aromatic heterocycles. The molecule has 1 N–H and O–H groups in total. The summed E-state index contributed by atoms with van der Waals surface area (Å²) < 4.78 is 5.58. The Morgan fingerprint density at radius 3 is 2.72 bits per heavy atom. The lowest BCUT2D eigenvalue weighted by atomic mass is 10.0. The van der Waals surface area contributed by atoms with Crippen LogP contribution in [-0.2, 0) is 11.2 Å². The van der Waals surface area contributed by atoms with Crippen LogP contribution >= 0.6 is 0 Å². The van der Waals surface area contributed by atoms with Gasteiger partial charge in [0.2, 0.25) is 11.8 Å². The molecule has 0 aliphatic carbocycles. The third-order valence-electron chi connectivity index (χ3n) is 2.94. The van der Waals surface area contributed by atoms with Gasteiger partial charge in [-0.25, -0.2) is 0 Å². The summed E-state index contributed by atoms with van der Waals surface area (Å²) in [6, 6.07) is 0. The monoisotopic (exact) mass is 254 g/mol. The standard InChI is InChI=1S/C13H22N2O3/c1-4-5-6-10(3)13-15-14-11(18-13)7-9(2)8-12(16)17/h9-10H,4-8H2,1-3H3,(H,16,17). The molecule has 1 heterocycles. The van der Waals surface area contributed by atoms with Crippen molar-refractivity contribution in [3.63, 3.8) is 0 Å². The summed E-state index contributed by atoms with van der Waals surface area (Å²) in [5, 5.41) is 16.7. The normalized spacial score (nSPS) is 14.4. The minimum atomic E-state index is -0.793. The van der Waals surface area contributed by atoms with Gasteiger partial charge >= 0.3 is 5.97 Å². The smallest absolute Gasteiger partial charge is 0.303 e. The van der Waals surface area contributed by atoms with Crippen molar-refractivity contribution in [3.8, 4) is 0 Å². The number of unbranched alkanes of at least 4 members (excludes halogenated alkanes) is 1. The highest BCUT2D eigenvalue weighted by atomic mass is 16.4. The molecule has 0 aliphatic heterocycles. The van der Waals surface area contributed by atoms with Gasteiger partial charge in [-0.05, 0) is 12.3 Å². The molecule has 2 atom stereocenters. The minimum Gasteiger partial charge on any atom is -0.481 e. The van der Waals surface area contributed by atoms with Crippen LogP contribution in [0.15, 0.2) is 4.42 Å². The Balaban J connectivity index is 2.49. The fraction of sp³-hybridized carbons (Fsp3) is 0.769. The fourth-order valence-electron chi connectivity index (χ4n) is 1.85. The number of aliphatic carboxylic acids is 1. The molecule has 0 aliphatic rings. The van der Waals surface area contributed by atoms with E-state index in [0.717, 1.165) is 19.3 Å². The van der Waals surface area contributed by atoms with E-state index in [0.29, 0.717) is 18.2 Å². The highest BCUT2D eigenvalue weighted by Crippen LogP contribution is 2.21. The molecular weight excluding hydrogens is 232 g/mol. The number of hydrogen-bond acceptors (Lipinski definition) is 4. The Morgan fingerprint density at radius 2 is 2.11 bits per heavy atom. The summed E-state index contributed by atoms with van der Waals surface area (Å²) in [6.07, 6.45) is 4.00. The van der Waals surface area contributed by atoms with E-state index in [4.69, 9.17) is 9.52 Å². The van der Waals surface area contributed by atoms with Gasteiger partial charge in [-0.2, -0.15) is 0 Å².